The van der Waals surface area contributed by atoms with Gasteiger partial charge in [0.25, 0.3) is 0 Å². The minimum Gasteiger partial charge on any atom is -0.394 e. The van der Waals surface area contributed by atoms with Crippen LogP contribution < -0.4 is 26.6 Å². The smallest absolute Gasteiger partial charge is 0.314 e. The van der Waals surface area contributed by atoms with E-state index in [1.807, 2.05) is 78.9 Å². The fraction of sp³-hybridized carbons (Fsp3) is 0.265. The molecule has 43 heavy (non-hydrogen) atoms. The highest BCUT2D eigenvalue weighted by Gasteiger charge is 2.36. The summed E-state index contributed by atoms with van der Waals surface area (Å²) < 4.78 is 0. The molecule has 4 amide bonds. The Hall–Kier alpha value is -4.73. The van der Waals surface area contributed by atoms with Crippen LogP contribution in [0.4, 0.5) is 10.5 Å². The molecule has 6 N–H and O–H groups in total. The molecule has 1 aliphatic heterocycles. The summed E-state index contributed by atoms with van der Waals surface area (Å²) >= 11 is 0. The Bertz CT molecular complexity index is 1650. The van der Waals surface area contributed by atoms with E-state index in [0.29, 0.717) is 25.9 Å². The third-order valence-corrected chi connectivity index (χ3v) is 8.00. The number of carbonyl (C=O) groups is 3. The number of hydrogen-bond donors (Lipinski definition) is 5. The van der Waals surface area contributed by atoms with Gasteiger partial charge in [0.1, 0.15) is 11.6 Å². The summed E-state index contributed by atoms with van der Waals surface area (Å²) in [6.07, 6.45) is 0.994. The Labute approximate surface area is 251 Å². The van der Waals surface area contributed by atoms with E-state index in [-0.39, 0.29) is 11.9 Å². The summed E-state index contributed by atoms with van der Waals surface area (Å²) in [4.78, 5) is 40.4. The molecule has 1 heterocycles. The van der Waals surface area contributed by atoms with E-state index in [9.17, 15) is 19.5 Å². The first kappa shape index (κ1) is 29.8. The van der Waals surface area contributed by atoms with Crippen molar-refractivity contribution in [2.24, 2.45) is 5.73 Å². The van der Waals surface area contributed by atoms with Gasteiger partial charge in [-0.25, -0.2) is 4.79 Å². The van der Waals surface area contributed by atoms with Gasteiger partial charge in [-0.3, -0.25) is 9.59 Å². The van der Waals surface area contributed by atoms with Crippen LogP contribution in [0.1, 0.15) is 30.0 Å². The maximum absolute atomic E-state index is 14.1. The number of aliphatic hydroxyl groups excluding tert-OH is 1. The van der Waals surface area contributed by atoms with Crippen molar-refractivity contribution < 1.29 is 19.5 Å². The number of rotatable bonds is 8. The largest absolute Gasteiger partial charge is 0.394 e. The Kier molecular flexibility index (Phi) is 8.75. The van der Waals surface area contributed by atoms with E-state index in [1.54, 1.807) is 11.9 Å². The number of nitrogens with one attached hydrogen (secondary N) is 3. The van der Waals surface area contributed by atoms with Crippen LogP contribution in [0.15, 0.2) is 84.9 Å². The van der Waals surface area contributed by atoms with Gasteiger partial charge in [-0.15, -0.1) is 0 Å². The molecular formula is C34H37N5O4. The quantitative estimate of drug-likeness (QED) is 0.217. The minimum atomic E-state index is -1.50. The fourth-order valence-electron chi connectivity index (χ4n) is 5.44. The average molecular weight is 580 g/mol. The maximum Gasteiger partial charge on any atom is 0.314 e. The molecule has 4 aromatic rings. The molecule has 4 aromatic carbocycles. The van der Waals surface area contributed by atoms with E-state index >= 15 is 0 Å². The number of aliphatic hydroxyl groups is 1. The van der Waals surface area contributed by atoms with E-state index in [2.05, 4.69) is 22.0 Å². The van der Waals surface area contributed by atoms with Gasteiger partial charge in [0.05, 0.1) is 13.2 Å². The molecule has 1 aliphatic rings. The average Bonchev–Trinajstić information content (AvgIpc) is 3.16. The van der Waals surface area contributed by atoms with Crippen LogP contribution >= 0.6 is 0 Å². The number of fused-ring (bicyclic) bond motifs is 3. The molecule has 222 valence electrons. The van der Waals surface area contributed by atoms with Crippen LogP contribution in [-0.2, 0) is 29.1 Å². The van der Waals surface area contributed by atoms with Gasteiger partial charge in [0.15, 0.2) is 0 Å². The minimum absolute atomic E-state index is 0.231. The van der Waals surface area contributed by atoms with Crippen LogP contribution in [0, 0.1) is 0 Å². The highest BCUT2D eigenvalue weighted by molar-refractivity contribution is 6.04. The number of nitrogens with zero attached hydrogens (tertiary/aromatic N) is 1. The van der Waals surface area contributed by atoms with Crippen molar-refractivity contribution in [3.8, 4) is 11.1 Å². The van der Waals surface area contributed by atoms with Gasteiger partial charge in [-0.2, -0.15) is 0 Å². The predicted octanol–water partition coefficient (Wildman–Crippen LogP) is 3.61. The van der Waals surface area contributed by atoms with Crippen LogP contribution in [0.5, 0.6) is 0 Å². The third kappa shape index (κ3) is 6.38. The van der Waals surface area contributed by atoms with Crippen LogP contribution in [0.25, 0.3) is 21.9 Å². The number of anilines is 1. The molecule has 0 bridgehead atoms. The fourth-order valence-corrected chi connectivity index (χ4v) is 5.44. The second kappa shape index (κ2) is 12.6. The standard InChI is InChI=1S/C34H37N5O4/c1-34(35,21-40)32(42)38-29-17-16-28-27-10-6-3-7-23(27)15-18-30(28)39(31(29)41)20-22-11-13-24(14-12-22)26-9-5-4-8-25(26)19-37-33(43)36-2/h3-15,18,29,40H,16-17,19-21,35H2,1-2H3,(H,38,42)(H2,36,37,43)/t29-,34+/m1/s1. The molecular weight excluding hydrogens is 542 g/mol. The molecule has 0 saturated carbocycles. The second-order valence-electron chi connectivity index (χ2n) is 11.1. The zero-order chi connectivity index (χ0) is 30.6. The molecule has 0 radical (unpaired) electrons. The lowest BCUT2D eigenvalue weighted by atomic mass is 9.97. The predicted molar refractivity (Wildman–Crippen MR) is 168 cm³/mol. The number of urea groups is 1. The van der Waals surface area contributed by atoms with Crippen molar-refractivity contribution in [1.82, 2.24) is 16.0 Å². The van der Waals surface area contributed by atoms with E-state index < -0.39 is 24.1 Å². The highest BCUT2D eigenvalue weighted by atomic mass is 16.3. The summed E-state index contributed by atoms with van der Waals surface area (Å²) in [5, 5.41) is 20.0. The third-order valence-electron chi connectivity index (χ3n) is 8.00. The van der Waals surface area contributed by atoms with Gasteiger partial charge in [-0.1, -0.05) is 78.9 Å². The van der Waals surface area contributed by atoms with Crippen LogP contribution in [0.3, 0.4) is 0 Å². The first-order valence-corrected chi connectivity index (χ1v) is 14.4. The number of nitrogens with two attached hydrogens (primary N) is 1. The van der Waals surface area contributed by atoms with Crippen molar-refractivity contribution in [3.63, 3.8) is 0 Å². The number of benzene rings is 4. The molecule has 9 nitrogen and oxygen atoms in total. The lowest BCUT2D eigenvalue weighted by Gasteiger charge is -2.29. The van der Waals surface area contributed by atoms with Crippen molar-refractivity contribution in [1.29, 1.82) is 0 Å². The van der Waals surface area contributed by atoms with Crippen LogP contribution in [0.2, 0.25) is 0 Å². The normalized spacial score (nSPS) is 16.1. The van der Waals surface area contributed by atoms with Gasteiger partial charge in [-0.05, 0) is 64.4 Å². The number of hydrogen-bond acceptors (Lipinski definition) is 5. The van der Waals surface area contributed by atoms with Crippen molar-refractivity contribution in [3.05, 3.63) is 102 Å². The van der Waals surface area contributed by atoms with E-state index in [1.165, 1.54) is 6.92 Å². The SMILES string of the molecule is CNC(=O)NCc1ccccc1-c1ccc(CN2C(=O)[C@H](NC(=O)[C@@](C)(N)CO)CCc3c2ccc2ccccc32)cc1. The topological polar surface area (TPSA) is 137 Å². The maximum atomic E-state index is 14.1. The van der Waals surface area contributed by atoms with E-state index in [0.717, 1.165) is 44.3 Å². The molecule has 9 heteroatoms. The van der Waals surface area contributed by atoms with Crippen molar-refractivity contribution >= 4 is 34.3 Å². The van der Waals surface area contributed by atoms with Gasteiger partial charge in [0, 0.05) is 19.3 Å². The molecule has 0 spiro atoms. The van der Waals surface area contributed by atoms with E-state index in [4.69, 9.17) is 5.73 Å². The Morgan fingerprint density at radius 2 is 1.72 bits per heavy atom. The summed E-state index contributed by atoms with van der Waals surface area (Å²) in [7, 11) is 1.58. The zero-order valence-electron chi connectivity index (χ0n) is 24.4. The molecule has 0 unspecified atom stereocenters. The molecule has 5 rings (SSSR count). The van der Waals surface area contributed by atoms with Gasteiger partial charge >= 0.3 is 6.03 Å². The lowest BCUT2D eigenvalue weighted by Crippen LogP contribution is -2.59. The van der Waals surface area contributed by atoms with Crippen molar-refractivity contribution in [2.75, 3.05) is 18.6 Å². The van der Waals surface area contributed by atoms with Gasteiger partial charge < -0.3 is 31.7 Å². The molecule has 0 aromatic heterocycles. The first-order chi connectivity index (χ1) is 20.7. The Balaban J connectivity index is 1.46. The molecule has 0 fully saturated rings. The van der Waals surface area contributed by atoms with Crippen LogP contribution in [-0.4, -0.2) is 48.2 Å². The molecule has 0 aliphatic carbocycles. The monoisotopic (exact) mass is 579 g/mol. The molecule has 2 atom stereocenters. The first-order valence-electron chi connectivity index (χ1n) is 14.4. The number of aryl methyl sites for hydroxylation is 1. The summed E-state index contributed by atoms with van der Waals surface area (Å²) in [6.45, 7) is 1.59. The van der Waals surface area contributed by atoms with Crippen molar-refractivity contribution in [2.45, 2.75) is 44.4 Å². The zero-order valence-corrected chi connectivity index (χ0v) is 24.4. The summed E-state index contributed by atoms with van der Waals surface area (Å²) in [6, 6.07) is 26.9. The summed E-state index contributed by atoms with van der Waals surface area (Å²) in [5.41, 5.74) is 10.2. The number of amides is 4. The highest BCUT2D eigenvalue weighted by Crippen LogP contribution is 2.35. The second-order valence-corrected chi connectivity index (χ2v) is 11.1. The lowest BCUT2D eigenvalue weighted by molar-refractivity contribution is -0.131. The summed E-state index contributed by atoms with van der Waals surface area (Å²) in [5.74, 6) is -0.802. The Morgan fingerprint density at radius 3 is 2.47 bits per heavy atom. The Morgan fingerprint density at radius 1 is 1.00 bits per heavy atom. The molecule has 0 saturated heterocycles. The van der Waals surface area contributed by atoms with Gasteiger partial charge in [0.2, 0.25) is 11.8 Å². The number of carbonyl (C=O) groups excluding carboxylic acids is 3.